The van der Waals surface area contributed by atoms with Gasteiger partial charge in [-0.25, -0.2) is 4.99 Å². The van der Waals surface area contributed by atoms with Gasteiger partial charge < -0.3 is 14.2 Å². The van der Waals surface area contributed by atoms with Crippen molar-refractivity contribution in [2.24, 2.45) is 4.99 Å². The molecule has 1 aromatic heterocycles. The van der Waals surface area contributed by atoms with Gasteiger partial charge >= 0.3 is 0 Å². The number of nitrogens with zero attached hydrogens (tertiary/aromatic N) is 2. The minimum atomic E-state index is -0.192. The van der Waals surface area contributed by atoms with Crippen LogP contribution in [0.2, 0.25) is 0 Å². The van der Waals surface area contributed by atoms with Gasteiger partial charge in [-0.15, -0.1) is 0 Å². The molecule has 6 rings (SSSR count). The van der Waals surface area contributed by atoms with Gasteiger partial charge in [0.1, 0.15) is 0 Å². The van der Waals surface area contributed by atoms with Gasteiger partial charge in [0.05, 0.1) is 37.6 Å². The number of benzene rings is 3. The lowest BCUT2D eigenvalue weighted by Crippen LogP contribution is -2.38. The van der Waals surface area contributed by atoms with E-state index in [4.69, 9.17) is 19.2 Å². The highest BCUT2D eigenvalue weighted by Gasteiger charge is 2.32. The number of fused-ring (bicyclic) bond motifs is 3. The van der Waals surface area contributed by atoms with E-state index in [2.05, 4.69) is 36.4 Å². The average Bonchev–Trinajstić information content (AvgIpc) is 3.25. The molecule has 1 aliphatic heterocycles. The summed E-state index contributed by atoms with van der Waals surface area (Å²) in [6.45, 7) is 0. The van der Waals surface area contributed by atoms with Crippen LogP contribution in [-0.4, -0.2) is 25.9 Å². The molecule has 186 valence electrons. The van der Waals surface area contributed by atoms with E-state index in [-0.39, 0.29) is 11.6 Å². The summed E-state index contributed by atoms with van der Waals surface area (Å²) in [5.74, 6) is 1.59. The number of hydrogen-bond acceptors (Lipinski definition) is 6. The number of aryl methyl sites for hydroxylation is 1. The zero-order valence-electron chi connectivity index (χ0n) is 20.9. The van der Waals surface area contributed by atoms with Gasteiger partial charge in [0.25, 0.3) is 5.56 Å². The van der Waals surface area contributed by atoms with Crippen LogP contribution in [0, 0.1) is 0 Å². The maximum Gasteiger partial charge on any atom is 0.271 e. The van der Waals surface area contributed by atoms with Crippen molar-refractivity contribution in [2.75, 3.05) is 21.3 Å². The van der Waals surface area contributed by atoms with E-state index in [1.165, 1.54) is 22.5 Å². The molecule has 0 radical (unpaired) electrons. The summed E-state index contributed by atoms with van der Waals surface area (Å²) in [5, 5.41) is 0. The molecular formula is C30H26N2O4S. The first-order valence-corrected chi connectivity index (χ1v) is 12.9. The smallest absolute Gasteiger partial charge is 0.271 e. The predicted molar refractivity (Wildman–Crippen MR) is 145 cm³/mol. The molecule has 4 aromatic rings. The summed E-state index contributed by atoms with van der Waals surface area (Å²) in [4.78, 5) is 19.7. The molecule has 0 bridgehead atoms. The van der Waals surface area contributed by atoms with Crippen LogP contribution in [0.15, 0.2) is 82.1 Å². The molecular weight excluding hydrogens is 484 g/mol. The number of hydrogen-bond donors (Lipinski definition) is 0. The predicted octanol–water partition coefficient (Wildman–Crippen LogP) is 4.34. The number of ether oxygens (including phenoxy) is 3. The standard InChI is InChI=1S/C30H26N2O4S/c1-34-23-15-18(16-24(35-2)28(23)36-3)17-25-29(33)32-27(20-10-5-4-6-11-20)22-14-13-19-9-7-8-12-21(19)26(22)31-30(32)37-25/h4-12,15-17,27H,13-14H2,1-3H3/b25-17+/t27-/m1/s1. The summed E-state index contributed by atoms with van der Waals surface area (Å²) in [5.41, 5.74) is 6.46. The van der Waals surface area contributed by atoms with Gasteiger partial charge in [-0.2, -0.15) is 0 Å². The van der Waals surface area contributed by atoms with Crippen molar-refractivity contribution in [3.8, 4) is 17.2 Å². The van der Waals surface area contributed by atoms with Crippen LogP contribution in [0.5, 0.6) is 17.2 Å². The summed E-state index contributed by atoms with van der Waals surface area (Å²) in [7, 11) is 4.73. The Morgan fingerprint density at radius 1 is 0.919 bits per heavy atom. The third-order valence-electron chi connectivity index (χ3n) is 6.97. The molecule has 0 N–H and O–H groups in total. The van der Waals surface area contributed by atoms with Gasteiger partial charge in [-0.3, -0.25) is 9.36 Å². The highest BCUT2D eigenvalue weighted by Crippen LogP contribution is 2.41. The molecule has 1 aliphatic carbocycles. The lowest BCUT2D eigenvalue weighted by atomic mass is 9.83. The molecule has 37 heavy (non-hydrogen) atoms. The molecule has 2 heterocycles. The SMILES string of the molecule is COc1cc(/C=c2/sc3n(c2=O)[C@H](c2ccccc2)C2=C(N=3)c3ccccc3CC2)cc(OC)c1OC. The molecule has 0 amide bonds. The van der Waals surface area contributed by atoms with Gasteiger partial charge in [0.15, 0.2) is 16.3 Å². The maximum absolute atomic E-state index is 13.9. The van der Waals surface area contributed by atoms with E-state index in [1.807, 2.05) is 41.0 Å². The van der Waals surface area contributed by atoms with E-state index in [0.717, 1.165) is 35.2 Å². The number of methoxy groups -OCH3 is 3. The van der Waals surface area contributed by atoms with Gasteiger partial charge in [0.2, 0.25) is 5.75 Å². The fourth-order valence-corrected chi connectivity index (χ4v) is 6.29. The van der Waals surface area contributed by atoms with Crippen molar-refractivity contribution < 1.29 is 14.2 Å². The first-order chi connectivity index (χ1) is 18.1. The van der Waals surface area contributed by atoms with E-state index in [0.29, 0.717) is 26.6 Å². The highest BCUT2D eigenvalue weighted by molar-refractivity contribution is 7.07. The van der Waals surface area contributed by atoms with Crippen molar-refractivity contribution in [1.29, 1.82) is 0 Å². The van der Waals surface area contributed by atoms with Crippen molar-refractivity contribution in [3.05, 3.63) is 114 Å². The topological polar surface area (TPSA) is 62.1 Å². The van der Waals surface area contributed by atoms with Crippen molar-refractivity contribution in [1.82, 2.24) is 4.57 Å². The minimum absolute atomic E-state index is 0.0586. The summed E-state index contributed by atoms with van der Waals surface area (Å²) >= 11 is 1.40. The maximum atomic E-state index is 13.9. The van der Waals surface area contributed by atoms with Crippen molar-refractivity contribution >= 4 is 23.1 Å². The zero-order chi connectivity index (χ0) is 25.5. The molecule has 0 saturated carbocycles. The Morgan fingerprint density at radius 2 is 1.62 bits per heavy atom. The Kier molecular flexibility index (Phi) is 5.93. The number of allylic oxidation sites excluding steroid dienone is 1. The lowest BCUT2D eigenvalue weighted by Gasteiger charge is -2.30. The second-order valence-electron chi connectivity index (χ2n) is 8.98. The molecule has 7 heteroatoms. The van der Waals surface area contributed by atoms with Gasteiger partial charge in [-0.05, 0) is 53.3 Å². The third kappa shape index (κ3) is 3.86. The molecule has 0 fully saturated rings. The largest absolute Gasteiger partial charge is 0.493 e. The van der Waals surface area contributed by atoms with Gasteiger partial charge in [0, 0.05) is 5.56 Å². The van der Waals surface area contributed by atoms with Crippen LogP contribution >= 0.6 is 11.3 Å². The third-order valence-corrected chi connectivity index (χ3v) is 7.96. The number of aromatic nitrogens is 1. The summed E-state index contributed by atoms with van der Waals surface area (Å²) < 4.78 is 18.9. The van der Waals surface area contributed by atoms with E-state index in [9.17, 15) is 4.79 Å². The van der Waals surface area contributed by atoms with Crippen LogP contribution < -0.4 is 29.1 Å². The fourth-order valence-electron chi connectivity index (χ4n) is 5.29. The van der Waals surface area contributed by atoms with Crippen LogP contribution in [0.3, 0.4) is 0 Å². The monoisotopic (exact) mass is 510 g/mol. The van der Waals surface area contributed by atoms with Crippen LogP contribution in [0.1, 0.15) is 34.7 Å². The molecule has 0 unspecified atom stereocenters. The summed E-state index contributed by atoms with van der Waals surface area (Å²) in [6.07, 6.45) is 3.67. The Balaban J connectivity index is 1.59. The first kappa shape index (κ1) is 23.3. The Bertz CT molecular complexity index is 1690. The highest BCUT2D eigenvalue weighted by atomic mass is 32.1. The zero-order valence-corrected chi connectivity index (χ0v) is 21.7. The molecule has 1 atom stereocenters. The second-order valence-corrected chi connectivity index (χ2v) is 9.99. The van der Waals surface area contributed by atoms with E-state index < -0.39 is 0 Å². The van der Waals surface area contributed by atoms with Crippen molar-refractivity contribution in [3.63, 3.8) is 0 Å². The number of thiazole rings is 1. The second kappa shape index (κ2) is 9.41. The average molecular weight is 511 g/mol. The normalized spacial score (nSPS) is 16.4. The van der Waals surface area contributed by atoms with Crippen molar-refractivity contribution in [2.45, 2.75) is 18.9 Å². The van der Waals surface area contributed by atoms with Crippen LogP contribution in [0.25, 0.3) is 11.8 Å². The van der Waals surface area contributed by atoms with Crippen LogP contribution in [0.4, 0.5) is 0 Å². The molecule has 6 nitrogen and oxygen atoms in total. The first-order valence-electron chi connectivity index (χ1n) is 12.1. The number of rotatable bonds is 5. The minimum Gasteiger partial charge on any atom is -0.493 e. The lowest BCUT2D eigenvalue weighted by molar-refractivity contribution is 0.324. The van der Waals surface area contributed by atoms with E-state index in [1.54, 1.807) is 21.3 Å². The fraction of sp³-hybridized carbons (Fsp3) is 0.200. The molecule has 0 spiro atoms. The molecule has 2 aliphatic rings. The van der Waals surface area contributed by atoms with Crippen LogP contribution in [-0.2, 0) is 6.42 Å². The molecule has 3 aromatic carbocycles. The van der Waals surface area contributed by atoms with E-state index >= 15 is 0 Å². The Hall–Kier alpha value is -4.10. The summed E-state index contributed by atoms with van der Waals surface area (Å²) in [6, 6.07) is 22.2. The Labute approximate surface area is 218 Å². The Morgan fingerprint density at radius 3 is 2.32 bits per heavy atom. The quantitative estimate of drug-likeness (QED) is 0.401. The molecule has 0 saturated heterocycles. The van der Waals surface area contributed by atoms with Gasteiger partial charge in [-0.1, -0.05) is 65.9 Å².